The quantitative estimate of drug-likeness (QED) is 0.700. The van der Waals surface area contributed by atoms with Crippen molar-refractivity contribution < 1.29 is 0 Å². The SMILES string of the molecule is CCNCC(CC)(CC)CN1CCCC1CC. The van der Waals surface area contributed by atoms with Crippen LogP contribution in [-0.2, 0) is 0 Å². The van der Waals surface area contributed by atoms with E-state index in [1.54, 1.807) is 0 Å². The fourth-order valence-corrected chi connectivity index (χ4v) is 3.17. The van der Waals surface area contributed by atoms with Crippen LogP contribution < -0.4 is 5.32 Å². The first-order valence-corrected chi connectivity index (χ1v) is 7.66. The van der Waals surface area contributed by atoms with Gasteiger partial charge in [-0.3, -0.25) is 4.90 Å². The lowest BCUT2D eigenvalue weighted by atomic mass is 9.81. The van der Waals surface area contributed by atoms with E-state index in [0.29, 0.717) is 5.41 Å². The summed E-state index contributed by atoms with van der Waals surface area (Å²) in [5.41, 5.74) is 0.494. The fraction of sp³-hybridized carbons (Fsp3) is 1.00. The summed E-state index contributed by atoms with van der Waals surface area (Å²) in [6.07, 6.45) is 6.74. The summed E-state index contributed by atoms with van der Waals surface area (Å²) >= 11 is 0. The molecule has 1 unspecified atom stereocenters. The Labute approximate surface area is 108 Å². The van der Waals surface area contributed by atoms with Crippen molar-refractivity contribution in [2.24, 2.45) is 5.41 Å². The molecule has 0 saturated carbocycles. The van der Waals surface area contributed by atoms with Gasteiger partial charge in [-0.2, -0.15) is 0 Å². The predicted molar refractivity (Wildman–Crippen MR) is 76.4 cm³/mol. The van der Waals surface area contributed by atoms with Crippen molar-refractivity contribution in [3.05, 3.63) is 0 Å². The van der Waals surface area contributed by atoms with Gasteiger partial charge in [0.2, 0.25) is 0 Å². The van der Waals surface area contributed by atoms with Gasteiger partial charge in [-0.15, -0.1) is 0 Å². The first-order chi connectivity index (χ1) is 8.21. The van der Waals surface area contributed by atoms with Crippen molar-refractivity contribution in [2.75, 3.05) is 26.2 Å². The second-order valence-corrected chi connectivity index (χ2v) is 5.66. The highest BCUT2D eigenvalue weighted by Crippen LogP contribution is 2.31. The van der Waals surface area contributed by atoms with E-state index in [0.717, 1.165) is 12.6 Å². The summed E-state index contributed by atoms with van der Waals surface area (Å²) in [5.74, 6) is 0. The molecule has 2 nitrogen and oxygen atoms in total. The van der Waals surface area contributed by atoms with E-state index >= 15 is 0 Å². The monoisotopic (exact) mass is 240 g/mol. The molecule has 0 bridgehead atoms. The number of likely N-dealkylation sites (tertiary alicyclic amines) is 1. The Kier molecular flexibility index (Phi) is 6.50. The Morgan fingerprint density at radius 3 is 2.41 bits per heavy atom. The number of hydrogen-bond acceptors (Lipinski definition) is 2. The Morgan fingerprint density at radius 1 is 1.18 bits per heavy atom. The molecule has 1 atom stereocenters. The molecule has 1 aliphatic heterocycles. The molecule has 1 fully saturated rings. The zero-order valence-electron chi connectivity index (χ0n) is 12.4. The van der Waals surface area contributed by atoms with Gasteiger partial charge in [0.25, 0.3) is 0 Å². The van der Waals surface area contributed by atoms with Crippen LogP contribution in [0.5, 0.6) is 0 Å². The summed E-state index contributed by atoms with van der Waals surface area (Å²) in [5, 5.41) is 3.57. The van der Waals surface area contributed by atoms with Gasteiger partial charge in [0.15, 0.2) is 0 Å². The number of hydrogen-bond donors (Lipinski definition) is 1. The summed E-state index contributed by atoms with van der Waals surface area (Å²) in [7, 11) is 0. The summed E-state index contributed by atoms with van der Waals surface area (Å²) in [6.45, 7) is 14.2. The van der Waals surface area contributed by atoms with Gasteiger partial charge in [-0.25, -0.2) is 0 Å². The van der Waals surface area contributed by atoms with Gasteiger partial charge >= 0.3 is 0 Å². The normalized spacial score (nSPS) is 22.2. The molecular weight excluding hydrogens is 208 g/mol. The molecular formula is C15H32N2. The smallest absolute Gasteiger partial charge is 0.00933 e. The molecule has 0 aromatic heterocycles. The van der Waals surface area contributed by atoms with Crippen LogP contribution in [0, 0.1) is 5.41 Å². The van der Waals surface area contributed by atoms with Crippen LogP contribution in [0.2, 0.25) is 0 Å². The van der Waals surface area contributed by atoms with Crippen LogP contribution in [0.1, 0.15) is 59.8 Å². The van der Waals surface area contributed by atoms with Crippen molar-refractivity contribution in [1.29, 1.82) is 0 Å². The van der Waals surface area contributed by atoms with Crippen LogP contribution in [0.15, 0.2) is 0 Å². The Bertz CT molecular complexity index is 199. The van der Waals surface area contributed by atoms with Crippen molar-refractivity contribution in [3.63, 3.8) is 0 Å². The molecule has 2 heteroatoms. The lowest BCUT2D eigenvalue weighted by Crippen LogP contribution is -2.45. The first-order valence-electron chi connectivity index (χ1n) is 7.66. The van der Waals surface area contributed by atoms with Crippen molar-refractivity contribution in [1.82, 2.24) is 10.2 Å². The zero-order chi connectivity index (χ0) is 12.7. The van der Waals surface area contributed by atoms with E-state index in [4.69, 9.17) is 0 Å². The summed E-state index contributed by atoms with van der Waals surface area (Å²) in [6, 6.07) is 0.856. The standard InChI is InChI=1S/C15H32N2/c1-5-14-10-9-11-17(14)13-15(6-2,7-3)12-16-8-4/h14,16H,5-13H2,1-4H3. The lowest BCUT2D eigenvalue weighted by Gasteiger charge is -2.38. The molecule has 0 aromatic rings. The highest BCUT2D eigenvalue weighted by atomic mass is 15.2. The largest absolute Gasteiger partial charge is 0.316 e. The van der Waals surface area contributed by atoms with Gasteiger partial charge in [0.1, 0.15) is 0 Å². The van der Waals surface area contributed by atoms with E-state index in [1.807, 2.05) is 0 Å². The summed E-state index contributed by atoms with van der Waals surface area (Å²) in [4.78, 5) is 2.75. The van der Waals surface area contributed by atoms with Crippen LogP contribution in [0.4, 0.5) is 0 Å². The maximum absolute atomic E-state index is 3.57. The molecule has 102 valence electrons. The summed E-state index contributed by atoms with van der Waals surface area (Å²) < 4.78 is 0. The number of nitrogens with zero attached hydrogens (tertiary/aromatic N) is 1. The second-order valence-electron chi connectivity index (χ2n) is 5.66. The Morgan fingerprint density at radius 2 is 1.88 bits per heavy atom. The lowest BCUT2D eigenvalue weighted by molar-refractivity contribution is 0.123. The molecule has 1 N–H and O–H groups in total. The minimum Gasteiger partial charge on any atom is -0.316 e. The maximum Gasteiger partial charge on any atom is 0.00933 e. The average Bonchev–Trinajstić information content (AvgIpc) is 2.81. The Balaban J connectivity index is 2.58. The molecule has 17 heavy (non-hydrogen) atoms. The molecule has 1 aliphatic rings. The molecule has 0 spiro atoms. The van der Waals surface area contributed by atoms with Crippen molar-refractivity contribution in [3.8, 4) is 0 Å². The average molecular weight is 240 g/mol. The predicted octanol–water partition coefficient (Wildman–Crippen LogP) is 3.28. The molecule has 1 rings (SSSR count). The third-order valence-electron chi connectivity index (χ3n) is 4.76. The highest BCUT2D eigenvalue weighted by molar-refractivity contribution is 4.87. The zero-order valence-corrected chi connectivity index (χ0v) is 12.4. The molecule has 1 heterocycles. The minimum absolute atomic E-state index is 0.494. The van der Waals surface area contributed by atoms with E-state index in [1.165, 1.54) is 51.7 Å². The van der Waals surface area contributed by atoms with Crippen LogP contribution >= 0.6 is 0 Å². The molecule has 0 amide bonds. The molecule has 0 radical (unpaired) electrons. The first kappa shape index (κ1) is 15.0. The topological polar surface area (TPSA) is 15.3 Å². The van der Waals surface area contributed by atoms with E-state index in [-0.39, 0.29) is 0 Å². The Hall–Kier alpha value is -0.0800. The van der Waals surface area contributed by atoms with Crippen molar-refractivity contribution in [2.45, 2.75) is 65.8 Å². The van der Waals surface area contributed by atoms with Crippen molar-refractivity contribution >= 4 is 0 Å². The van der Waals surface area contributed by atoms with E-state index < -0.39 is 0 Å². The number of rotatable bonds is 8. The van der Waals surface area contributed by atoms with Crippen LogP contribution in [-0.4, -0.2) is 37.1 Å². The molecule has 1 saturated heterocycles. The third kappa shape index (κ3) is 3.96. The van der Waals surface area contributed by atoms with E-state index in [2.05, 4.69) is 37.9 Å². The van der Waals surface area contributed by atoms with E-state index in [9.17, 15) is 0 Å². The maximum atomic E-state index is 3.57. The minimum atomic E-state index is 0.494. The van der Waals surface area contributed by atoms with Gasteiger partial charge < -0.3 is 5.32 Å². The number of nitrogens with one attached hydrogen (secondary N) is 1. The third-order valence-corrected chi connectivity index (χ3v) is 4.76. The molecule has 0 aliphatic carbocycles. The van der Waals surface area contributed by atoms with Gasteiger partial charge in [-0.1, -0.05) is 27.7 Å². The van der Waals surface area contributed by atoms with Crippen LogP contribution in [0.3, 0.4) is 0 Å². The highest BCUT2D eigenvalue weighted by Gasteiger charge is 2.32. The van der Waals surface area contributed by atoms with Gasteiger partial charge in [-0.05, 0) is 50.6 Å². The van der Waals surface area contributed by atoms with Crippen LogP contribution in [0.25, 0.3) is 0 Å². The molecule has 0 aromatic carbocycles. The fourth-order valence-electron chi connectivity index (χ4n) is 3.17. The van der Waals surface area contributed by atoms with Gasteiger partial charge in [0.05, 0.1) is 0 Å². The van der Waals surface area contributed by atoms with Gasteiger partial charge in [0, 0.05) is 19.1 Å². The second kappa shape index (κ2) is 7.38.